The Morgan fingerprint density at radius 2 is 2.06 bits per heavy atom. The predicted octanol–water partition coefficient (Wildman–Crippen LogP) is 2.98. The second kappa shape index (κ2) is 4.80. The van der Waals surface area contributed by atoms with Crippen LogP contribution in [-0.2, 0) is 6.54 Å². The van der Waals surface area contributed by atoms with Crippen molar-refractivity contribution in [2.24, 2.45) is 5.41 Å². The van der Waals surface area contributed by atoms with E-state index in [1.54, 1.807) is 0 Å². The third-order valence-electron chi connectivity index (χ3n) is 4.28. The highest BCUT2D eigenvalue weighted by molar-refractivity contribution is 7.71. The fraction of sp³-hybridized carbons (Fsp3) is 0.833. The van der Waals surface area contributed by atoms with Gasteiger partial charge in [0.15, 0.2) is 4.77 Å². The molecule has 1 aromatic rings. The van der Waals surface area contributed by atoms with Crippen LogP contribution in [0.15, 0.2) is 0 Å². The SMILES string of the molecule is CCn1c(N2CCC(CC)(CC)C2)n[nH]c1=S. The van der Waals surface area contributed by atoms with E-state index in [-0.39, 0.29) is 0 Å². The van der Waals surface area contributed by atoms with Crippen molar-refractivity contribution in [2.45, 2.75) is 46.6 Å². The van der Waals surface area contributed by atoms with E-state index < -0.39 is 0 Å². The Kier molecular flexibility index (Phi) is 3.56. The summed E-state index contributed by atoms with van der Waals surface area (Å²) in [5.41, 5.74) is 0.478. The minimum absolute atomic E-state index is 0.478. The Hall–Kier alpha value is -0.840. The molecule has 0 aromatic carbocycles. The standard InChI is InChI=1S/C12H22N4S/c1-4-12(5-2)7-8-15(9-12)10-13-14-11(17)16(10)6-3/h4-9H2,1-3H3,(H,14,17). The lowest BCUT2D eigenvalue weighted by molar-refractivity contribution is 0.301. The summed E-state index contributed by atoms with van der Waals surface area (Å²) in [5, 5.41) is 7.28. The van der Waals surface area contributed by atoms with Crippen LogP contribution in [0.1, 0.15) is 40.0 Å². The molecule has 0 saturated carbocycles. The van der Waals surface area contributed by atoms with Gasteiger partial charge < -0.3 is 4.90 Å². The van der Waals surface area contributed by atoms with Gasteiger partial charge in [-0.25, -0.2) is 5.10 Å². The first-order valence-corrected chi connectivity index (χ1v) is 6.96. The van der Waals surface area contributed by atoms with Gasteiger partial charge >= 0.3 is 0 Å². The van der Waals surface area contributed by atoms with E-state index in [4.69, 9.17) is 12.2 Å². The maximum Gasteiger partial charge on any atom is 0.225 e. The van der Waals surface area contributed by atoms with Gasteiger partial charge in [-0.3, -0.25) is 4.57 Å². The summed E-state index contributed by atoms with van der Waals surface area (Å²) in [7, 11) is 0. The summed E-state index contributed by atoms with van der Waals surface area (Å²) < 4.78 is 2.81. The number of hydrogen-bond acceptors (Lipinski definition) is 3. The molecule has 0 unspecified atom stereocenters. The average Bonchev–Trinajstić information content (AvgIpc) is 2.93. The lowest BCUT2D eigenvalue weighted by Gasteiger charge is -2.26. The molecule has 1 N–H and O–H groups in total. The summed E-state index contributed by atoms with van der Waals surface area (Å²) in [6.07, 6.45) is 3.76. The third kappa shape index (κ3) is 2.12. The number of aromatic nitrogens is 3. The van der Waals surface area contributed by atoms with E-state index in [2.05, 4.69) is 40.4 Å². The van der Waals surface area contributed by atoms with E-state index in [0.717, 1.165) is 30.4 Å². The molecule has 2 rings (SSSR count). The molecular weight excluding hydrogens is 232 g/mol. The molecule has 2 heterocycles. The van der Waals surface area contributed by atoms with Crippen molar-refractivity contribution >= 4 is 18.2 Å². The summed E-state index contributed by atoms with van der Waals surface area (Å²) in [6, 6.07) is 0. The highest BCUT2D eigenvalue weighted by Gasteiger charge is 2.36. The second-order valence-electron chi connectivity index (χ2n) is 4.95. The molecule has 0 spiro atoms. The Morgan fingerprint density at radius 3 is 2.59 bits per heavy atom. The number of H-pyrrole nitrogens is 1. The number of nitrogens with one attached hydrogen (secondary N) is 1. The number of anilines is 1. The largest absolute Gasteiger partial charge is 0.340 e. The van der Waals surface area contributed by atoms with Crippen LogP contribution in [0, 0.1) is 10.2 Å². The van der Waals surface area contributed by atoms with Gasteiger partial charge in [0.25, 0.3) is 0 Å². The van der Waals surface area contributed by atoms with Crippen LogP contribution in [0.25, 0.3) is 0 Å². The first-order chi connectivity index (χ1) is 8.15. The summed E-state index contributed by atoms with van der Waals surface area (Å²) in [6.45, 7) is 9.79. The van der Waals surface area contributed by atoms with E-state index >= 15 is 0 Å². The van der Waals surface area contributed by atoms with Gasteiger partial charge in [-0.15, -0.1) is 5.10 Å². The van der Waals surface area contributed by atoms with Gasteiger partial charge in [0.05, 0.1) is 0 Å². The van der Waals surface area contributed by atoms with Crippen molar-refractivity contribution in [1.29, 1.82) is 0 Å². The average molecular weight is 254 g/mol. The van der Waals surface area contributed by atoms with E-state index in [1.165, 1.54) is 19.3 Å². The van der Waals surface area contributed by atoms with Crippen LogP contribution < -0.4 is 4.90 Å². The zero-order chi connectivity index (χ0) is 12.5. The van der Waals surface area contributed by atoms with Gasteiger partial charge in [-0.1, -0.05) is 13.8 Å². The molecule has 1 aliphatic rings. The molecule has 0 amide bonds. The molecule has 1 fully saturated rings. The first-order valence-electron chi connectivity index (χ1n) is 6.56. The van der Waals surface area contributed by atoms with Crippen molar-refractivity contribution in [3.8, 4) is 0 Å². The van der Waals surface area contributed by atoms with Crippen molar-refractivity contribution in [1.82, 2.24) is 14.8 Å². The molecule has 4 nitrogen and oxygen atoms in total. The van der Waals surface area contributed by atoms with Crippen LogP contribution >= 0.6 is 12.2 Å². The monoisotopic (exact) mass is 254 g/mol. The minimum atomic E-state index is 0.478. The molecule has 1 saturated heterocycles. The number of nitrogens with zero attached hydrogens (tertiary/aromatic N) is 3. The highest BCUT2D eigenvalue weighted by Crippen LogP contribution is 2.38. The molecule has 0 radical (unpaired) electrons. The second-order valence-corrected chi connectivity index (χ2v) is 5.34. The Morgan fingerprint density at radius 1 is 1.35 bits per heavy atom. The molecule has 96 valence electrons. The van der Waals surface area contributed by atoms with E-state index in [9.17, 15) is 0 Å². The summed E-state index contributed by atoms with van der Waals surface area (Å²) in [4.78, 5) is 2.38. The fourth-order valence-corrected chi connectivity index (χ4v) is 3.03. The normalized spacial score (nSPS) is 18.9. The van der Waals surface area contributed by atoms with Crippen molar-refractivity contribution in [3.63, 3.8) is 0 Å². The Balaban J connectivity index is 2.23. The quantitative estimate of drug-likeness (QED) is 0.839. The topological polar surface area (TPSA) is 36.9 Å². The van der Waals surface area contributed by atoms with Crippen LogP contribution in [0.2, 0.25) is 0 Å². The number of rotatable bonds is 4. The van der Waals surface area contributed by atoms with E-state index in [1.807, 2.05) is 0 Å². The molecule has 0 bridgehead atoms. The van der Waals surface area contributed by atoms with Gasteiger partial charge in [-0.2, -0.15) is 0 Å². The maximum atomic E-state index is 5.24. The smallest absolute Gasteiger partial charge is 0.225 e. The highest BCUT2D eigenvalue weighted by atomic mass is 32.1. The number of hydrogen-bond donors (Lipinski definition) is 1. The predicted molar refractivity (Wildman–Crippen MR) is 72.9 cm³/mol. The molecule has 17 heavy (non-hydrogen) atoms. The number of aromatic amines is 1. The lowest BCUT2D eigenvalue weighted by atomic mass is 9.82. The molecule has 0 atom stereocenters. The first kappa shape index (κ1) is 12.6. The molecule has 5 heteroatoms. The molecule has 1 aromatic heterocycles. The van der Waals surface area contributed by atoms with Crippen LogP contribution in [0.4, 0.5) is 5.95 Å². The van der Waals surface area contributed by atoms with Crippen LogP contribution in [0.5, 0.6) is 0 Å². The molecular formula is C12H22N4S. The lowest BCUT2D eigenvalue weighted by Crippen LogP contribution is -2.28. The van der Waals surface area contributed by atoms with Gasteiger partial charge in [0.1, 0.15) is 0 Å². The molecule has 1 aliphatic heterocycles. The minimum Gasteiger partial charge on any atom is -0.340 e. The Labute approximate surface area is 108 Å². The summed E-state index contributed by atoms with van der Waals surface area (Å²) >= 11 is 5.24. The zero-order valence-corrected chi connectivity index (χ0v) is 11.8. The molecule has 0 aliphatic carbocycles. The van der Waals surface area contributed by atoms with Crippen LogP contribution in [-0.4, -0.2) is 27.9 Å². The zero-order valence-electron chi connectivity index (χ0n) is 11.0. The van der Waals surface area contributed by atoms with Gasteiger partial charge in [0.2, 0.25) is 5.95 Å². The Bertz CT molecular complexity index is 430. The maximum absolute atomic E-state index is 5.24. The van der Waals surface area contributed by atoms with Gasteiger partial charge in [0, 0.05) is 19.6 Å². The summed E-state index contributed by atoms with van der Waals surface area (Å²) in [5.74, 6) is 1.02. The van der Waals surface area contributed by atoms with Crippen molar-refractivity contribution in [2.75, 3.05) is 18.0 Å². The van der Waals surface area contributed by atoms with Crippen molar-refractivity contribution in [3.05, 3.63) is 4.77 Å². The van der Waals surface area contributed by atoms with Gasteiger partial charge in [-0.05, 0) is 43.8 Å². The van der Waals surface area contributed by atoms with Crippen molar-refractivity contribution < 1.29 is 0 Å². The van der Waals surface area contributed by atoms with E-state index in [0.29, 0.717) is 5.41 Å². The third-order valence-corrected chi connectivity index (χ3v) is 4.59. The fourth-order valence-electron chi connectivity index (χ4n) is 2.77. The van der Waals surface area contributed by atoms with Crippen LogP contribution in [0.3, 0.4) is 0 Å².